The molecule has 1 aromatic carbocycles. The Labute approximate surface area is 119 Å². The highest BCUT2D eigenvalue weighted by Crippen LogP contribution is 2.33. The zero-order valence-corrected chi connectivity index (χ0v) is 11.7. The average molecular weight is 265 g/mol. The number of hydrogen-bond donors (Lipinski definition) is 0. The topological polar surface area (TPSA) is 19.4 Å². The number of anilines is 1. The number of hydrogen-bond acceptors (Lipinski definition) is 3. The van der Waals surface area contributed by atoms with E-state index in [-0.39, 0.29) is 0 Å². The van der Waals surface area contributed by atoms with Crippen LogP contribution in [-0.2, 0) is 0 Å². The number of nitrogens with zero attached hydrogens (tertiary/aromatic N) is 3. The lowest BCUT2D eigenvalue weighted by Gasteiger charge is -2.32. The van der Waals surface area contributed by atoms with Crippen LogP contribution in [0.1, 0.15) is 6.42 Å². The highest BCUT2D eigenvalue weighted by atomic mass is 15.4. The third-order valence-corrected chi connectivity index (χ3v) is 4.66. The Hall–Kier alpha value is -1.87. The summed E-state index contributed by atoms with van der Waals surface area (Å²) in [6.07, 6.45) is 3.29. The molecule has 0 amide bonds. The number of piperazine rings is 1. The van der Waals surface area contributed by atoms with Crippen LogP contribution in [0, 0.1) is 0 Å². The first kappa shape index (κ1) is 11.9. The fourth-order valence-corrected chi connectivity index (χ4v) is 3.50. The maximum Gasteiger partial charge on any atom is 0.128 e. The zero-order valence-electron chi connectivity index (χ0n) is 11.7. The molecule has 3 nitrogen and oxygen atoms in total. The van der Waals surface area contributed by atoms with E-state index in [0.29, 0.717) is 6.04 Å². The van der Waals surface area contributed by atoms with Gasteiger partial charge in [-0.05, 0) is 31.2 Å². The van der Waals surface area contributed by atoms with Gasteiger partial charge in [-0.15, -0.1) is 0 Å². The van der Waals surface area contributed by atoms with Crippen LogP contribution in [-0.4, -0.2) is 42.1 Å². The molecule has 1 aromatic heterocycles. The second-order valence-electron chi connectivity index (χ2n) is 5.91. The number of pyridine rings is 1. The zero-order chi connectivity index (χ0) is 13.5. The molecule has 2 unspecified atom stereocenters. The molecule has 0 aliphatic carbocycles. The van der Waals surface area contributed by atoms with Gasteiger partial charge in [-0.2, -0.15) is 0 Å². The van der Waals surface area contributed by atoms with Crippen molar-refractivity contribution in [2.75, 3.05) is 25.0 Å². The quantitative estimate of drug-likeness (QED) is 0.832. The van der Waals surface area contributed by atoms with Crippen molar-refractivity contribution in [2.45, 2.75) is 18.5 Å². The number of rotatable bonds is 2. The molecule has 102 valence electrons. The predicted molar refractivity (Wildman–Crippen MR) is 81.8 cm³/mol. The minimum atomic E-state index is 0.653. The molecule has 2 atom stereocenters. The number of fused-ring (bicyclic) bond motifs is 2. The van der Waals surface area contributed by atoms with Gasteiger partial charge >= 0.3 is 0 Å². The number of likely N-dealkylation sites (tertiary alicyclic amines) is 1. The van der Waals surface area contributed by atoms with Crippen LogP contribution in [0.4, 0.5) is 5.82 Å². The summed E-state index contributed by atoms with van der Waals surface area (Å²) in [5.74, 6) is 1.13. The van der Waals surface area contributed by atoms with E-state index >= 15 is 0 Å². The Morgan fingerprint density at radius 1 is 0.950 bits per heavy atom. The lowest BCUT2D eigenvalue weighted by molar-refractivity contribution is 0.292. The Kier molecular flexibility index (Phi) is 2.74. The Morgan fingerprint density at radius 3 is 2.40 bits per heavy atom. The minimum absolute atomic E-state index is 0.653. The summed E-state index contributed by atoms with van der Waals surface area (Å²) >= 11 is 0. The van der Waals surface area contributed by atoms with Crippen LogP contribution in [0.5, 0.6) is 0 Å². The van der Waals surface area contributed by atoms with Crippen molar-refractivity contribution in [1.29, 1.82) is 0 Å². The van der Waals surface area contributed by atoms with Crippen molar-refractivity contribution in [3.05, 3.63) is 48.7 Å². The van der Waals surface area contributed by atoms with E-state index in [0.717, 1.165) is 18.4 Å². The monoisotopic (exact) mass is 265 g/mol. The molecule has 2 fully saturated rings. The molecule has 2 aliphatic rings. The van der Waals surface area contributed by atoms with Gasteiger partial charge in [0.15, 0.2) is 0 Å². The van der Waals surface area contributed by atoms with E-state index in [2.05, 4.69) is 58.2 Å². The molecule has 20 heavy (non-hydrogen) atoms. The molecule has 0 spiro atoms. The second kappa shape index (κ2) is 4.60. The molecule has 4 rings (SSSR count). The molecular formula is C17H19N3. The molecule has 3 heteroatoms. The average Bonchev–Trinajstić information content (AvgIpc) is 3.07. The van der Waals surface area contributed by atoms with E-state index in [4.69, 9.17) is 0 Å². The fraction of sp³-hybridized carbons (Fsp3) is 0.353. The van der Waals surface area contributed by atoms with Crippen LogP contribution < -0.4 is 4.90 Å². The largest absolute Gasteiger partial charge is 0.351 e. The van der Waals surface area contributed by atoms with E-state index in [1.54, 1.807) is 0 Å². The Morgan fingerprint density at radius 2 is 1.80 bits per heavy atom. The first-order valence-electron chi connectivity index (χ1n) is 7.29. The molecule has 0 radical (unpaired) electrons. The van der Waals surface area contributed by atoms with Gasteiger partial charge in [-0.25, -0.2) is 4.98 Å². The molecule has 3 heterocycles. The standard InChI is InChI=1S/C17H19N3/c1-19-11-16-9-15(19)12-20(16)17-8-7-14(10-18-17)13-5-3-2-4-6-13/h2-8,10,15-16H,9,11-12H2,1H3. The molecule has 2 aliphatic heterocycles. The van der Waals surface area contributed by atoms with Gasteiger partial charge in [0.2, 0.25) is 0 Å². The lowest BCUT2D eigenvalue weighted by atomic mass is 10.1. The minimum Gasteiger partial charge on any atom is -0.351 e. The Bertz CT molecular complexity index is 591. The van der Waals surface area contributed by atoms with Crippen LogP contribution >= 0.6 is 0 Å². The van der Waals surface area contributed by atoms with Crippen molar-refractivity contribution >= 4 is 5.82 Å². The second-order valence-corrected chi connectivity index (χ2v) is 5.91. The summed E-state index contributed by atoms with van der Waals surface area (Å²) in [5, 5.41) is 0. The van der Waals surface area contributed by atoms with Crippen molar-refractivity contribution in [3.63, 3.8) is 0 Å². The van der Waals surface area contributed by atoms with Gasteiger partial charge < -0.3 is 4.90 Å². The fourth-order valence-electron chi connectivity index (χ4n) is 3.50. The normalized spacial score (nSPS) is 25.4. The van der Waals surface area contributed by atoms with E-state index in [1.807, 2.05) is 12.3 Å². The smallest absolute Gasteiger partial charge is 0.128 e. The summed E-state index contributed by atoms with van der Waals surface area (Å²) in [4.78, 5) is 9.63. The number of aromatic nitrogens is 1. The third kappa shape index (κ3) is 1.90. The van der Waals surface area contributed by atoms with Gasteiger partial charge in [0.25, 0.3) is 0 Å². The number of benzene rings is 1. The maximum atomic E-state index is 4.69. The van der Waals surface area contributed by atoms with E-state index in [1.165, 1.54) is 24.1 Å². The van der Waals surface area contributed by atoms with Gasteiger partial charge in [0, 0.05) is 36.9 Å². The van der Waals surface area contributed by atoms with Gasteiger partial charge in [0.05, 0.1) is 0 Å². The highest BCUT2D eigenvalue weighted by Gasteiger charge is 2.41. The summed E-state index contributed by atoms with van der Waals surface area (Å²) in [6.45, 7) is 2.30. The van der Waals surface area contributed by atoms with Crippen LogP contribution in [0.2, 0.25) is 0 Å². The highest BCUT2D eigenvalue weighted by molar-refractivity contribution is 5.64. The summed E-state index contributed by atoms with van der Waals surface area (Å²) in [5.41, 5.74) is 2.42. The SMILES string of the molecule is CN1CC2CC1CN2c1ccc(-c2ccccc2)cn1. The summed E-state index contributed by atoms with van der Waals surface area (Å²) < 4.78 is 0. The van der Waals surface area contributed by atoms with Gasteiger partial charge in [-0.1, -0.05) is 30.3 Å². The molecule has 2 aromatic rings. The van der Waals surface area contributed by atoms with Crippen LogP contribution in [0.25, 0.3) is 11.1 Å². The third-order valence-electron chi connectivity index (χ3n) is 4.66. The maximum absolute atomic E-state index is 4.69. The van der Waals surface area contributed by atoms with Gasteiger partial charge in [-0.3, -0.25) is 4.90 Å². The summed E-state index contributed by atoms with van der Waals surface area (Å²) in [6, 6.07) is 16.2. The van der Waals surface area contributed by atoms with E-state index in [9.17, 15) is 0 Å². The number of likely N-dealkylation sites (N-methyl/N-ethyl adjacent to an activating group) is 1. The lowest BCUT2D eigenvalue weighted by Crippen LogP contribution is -2.44. The molecule has 0 N–H and O–H groups in total. The van der Waals surface area contributed by atoms with Crippen molar-refractivity contribution in [2.24, 2.45) is 0 Å². The molecular weight excluding hydrogens is 246 g/mol. The Balaban J connectivity index is 1.57. The van der Waals surface area contributed by atoms with Gasteiger partial charge in [0.1, 0.15) is 5.82 Å². The molecule has 0 saturated carbocycles. The van der Waals surface area contributed by atoms with Crippen molar-refractivity contribution < 1.29 is 0 Å². The first-order chi connectivity index (χ1) is 9.81. The summed E-state index contributed by atoms with van der Waals surface area (Å²) in [7, 11) is 2.23. The molecule has 2 saturated heterocycles. The van der Waals surface area contributed by atoms with Crippen molar-refractivity contribution in [3.8, 4) is 11.1 Å². The van der Waals surface area contributed by atoms with Crippen molar-refractivity contribution in [1.82, 2.24) is 9.88 Å². The van der Waals surface area contributed by atoms with Crippen LogP contribution in [0.3, 0.4) is 0 Å². The molecule has 2 bridgehead atoms. The van der Waals surface area contributed by atoms with E-state index < -0.39 is 0 Å². The first-order valence-corrected chi connectivity index (χ1v) is 7.29. The predicted octanol–water partition coefficient (Wildman–Crippen LogP) is 2.64. The van der Waals surface area contributed by atoms with Crippen LogP contribution in [0.15, 0.2) is 48.7 Å².